The summed E-state index contributed by atoms with van der Waals surface area (Å²) in [6.45, 7) is 8.31. The van der Waals surface area contributed by atoms with Gasteiger partial charge < -0.3 is 10.1 Å². The molecule has 0 bridgehead atoms. The van der Waals surface area contributed by atoms with E-state index < -0.39 is 0 Å². The van der Waals surface area contributed by atoms with E-state index in [2.05, 4.69) is 41.4 Å². The fourth-order valence-electron chi connectivity index (χ4n) is 3.44. The van der Waals surface area contributed by atoms with Crippen LogP contribution in [-0.4, -0.2) is 32.1 Å². The van der Waals surface area contributed by atoms with Crippen LogP contribution in [0.5, 0.6) is 5.75 Å². The number of nitrogens with zero attached hydrogens (tertiary/aromatic N) is 4. The molecule has 0 fully saturated rings. The number of aromatic amines is 1. The molecule has 0 aliphatic heterocycles. The van der Waals surface area contributed by atoms with Crippen molar-refractivity contribution in [1.82, 2.24) is 25.0 Å². The van der Waals surface area contributed by atoms with Gasteiger partial charge in [0.05, 0.1) is 41.3 Å². The Hall–Kier alpha value is -3.09. The topological polar surface area (TPSA) is 80.6 Å². The van der Waals surface area contributed by atoms with Crippen molar-refractivity contribution in [3.05, 3.63) is 35.8 Å². The van der Waals surface area contributed by atoms with Crippen LogP contribution in [0.1, 0.15) is 31.3 Å². The van der Waals surface area contributed by atoms with Gasteiger partial charge in [-0.25, -0.2) is 4.98 Å². The second-order valence-electron chi connectivity index (χ2n) is 6.68. The van der Waals surface area contributed by atoms with E-state index in [1.54, 1.807) is 7.11 Å². The van der Waals surface area contributed by atoms with Gasteiger partial charge in [-0.05, 0) is 39.8 Å². The van der Waals surface area contributed by atoms with Gasteiger partial charge in [-0.2, -0.15) is 10.2 Å². The van der Waals surface area contributed by atoms with E-state index >= 15 is 0 Å². The van der Waals surface area contributed by atoms with Crippen molar-refractivity contribution in [2.24, 2.45) is 0 Å². The smallest absolute Gasteiger partial charge is 0.157 e. The van der Waals surface area contributed by atoms with Crippen molar-refractivity contribution in [2.45, 2.75) is 33.7 Å². The lowest BCUT2D eigenvalue weighted by molar-refractivity contribution is 0.420. The summed E-state index contributed by atoms with van der Waals surface area (Å²) in [5.74, 6) is 1.51. The first-order valence-corrected chi connectivity index (χ1v) is 8.63. The summed E-state index contributed by atoms with van der Waals surface area (Å²) >= 11 is 0. The molecule has 3 aromatic heterocycles. The second kappa shape index (κ2) is 6.01. The number of H-pyrrole nitrogens is 1. The minimum Gasteiger partial charge on any atom is -0.496 e. The predicted octanol–water partition coefficient (Wildman–Crippen LogP) is 4.26. The molecule has 7 heteroatoms. The van der Waals surface area contributed by atoms with Crippen LogP contribution in [0.3, 0.4) is 0 Å². The van der Waals surface area contributed by atoms with Gasteiger partial charge in [-0.15, -0.1) is 0 Å². The van der Waals surface area contributed by atoms with Crippen molar-refractivity contribution in [1.29, 1.82) is 0 Å². The summed E-state index contributed by atoms with van der Waals surface area (Å²) in [7, 11) is 1.67. The molecule has 0 unspecified atom stereocenters. The van der Waals surface area contributed by atoms with Crippen molar-refractivity contribution < 1.29 is 4.74 Å². The maximum atomic E-state index is 5.52. The monoisotopic (exact) mass is 350 g/mol. The third-order valence-corrected chi connectivity index (χ3v) is 4.66. The number of ether oxygens (including phenoxy) is 1. The summed E-state index contributed by atoms with van der Waals surface area (Å²) < 4.78 is 7.54. The maximum absolute atomic E-state index is 5.52. The largest absolute Gasteiger partial charge is 0.496 e. The standard InChI is InChI=1S/C19H22N6O/c1-10(2)25-12(4)17(11(3)24-25)22-19-18-13(9-20-23-18)16-14(21-19)7-6-8-15(16)26-5/h6-10H,1-5H3,(H,20,23)(H,21,22). The van der Waals surface area contributed by atoms with Crippen LogP contribution in [0.25, 0.3) is 21.8 Å². The number of aromatic nitrogens is 5. The van der Waals surface area contributed by atoms with Gasteiger partial charge in [0.25, 0.3) is 0 Å². The van der Waals surface area contributed by atoms with Gasteiger partial charge >= 0.3 is 0 Å². The highest BCUT2D eigenvalue weighted by Crippen LogP contribution is 2.35. The first kappa shape index (κ1) is 16.4. The molecular formula is C19H22N6O. The fourth-order valence-corrected chi connectivity index (χ4v) is 3.44. The van der Waals surface area contributed by atoms with Crippen molar-refractivity contribution >= 4 is 33.3 Å². The molecule has 4 aromatic rings. The minimum atomic E-state index is 0.297. The zero-order chi connectivity index (χ0) is 18.4. The number of nitrogens with one attached hydrogen (secondary N) is 2. The molecule has 134 valence electrons. The lowest BCUT2D eigenvalue weighted by Gasteiger charge is -2.12. The van der Waals surface area contributed by atoms with Crippen LogP contribution in [0.15, 0.2) is 24.4 Å². The molecule has 26 heavy (non-hydrogen) atoms. The number of benzene rings is 1. The van der Waals surface area contributed by atoms with Gasteiger partial charge in [0, 0.05) is 11.4 Å². The Morgan fingerprint density at radius 1 is 1.23 bits per heavy atom. The minimum absolute atomic E-state index is 0.297. The number of aryl methyl sites for hydroxylation is 1. The molecule has 2 N–H and O–H groups in total. The zero-order valence-electron chi connectivity index (χ0n) is 15.6. The Morgan fingerprint density at radius 3 is 2.73 bits per heavy atom. The number of pyridine rings is 1. The summed E-state index contributed by atoms with van der Waals surface area (Å²) in [5, 5.41) is 17.3. The molecule has 7 nitrogen and oxygen atoms in total. The van der Waals surface area contributed by atoms with Crippen molar-refractivity contribution in [3.63, 3.8) is 0 Å². The molecule has 0 amide bonds. The van der Waals surface area contributed by atoms with Crippen LogP contribution >= 0.6 is 0 Å². The number of methoxy groups -OCH3 is 1. The van der Waals surface area contributed by atoms with Gasteiger partial charge in [-0.3, -0.25) is 9.78 Å². The lowest BCUT2D eigenvalue weighted by atomic mass is 10.1. The maximum Gasteiger partial charge on any atom is 0.157 e. The quantitative estimate of drug-likeness (QED) is 0.575. The van der Waals surface area contributed by atoms with E-state index in [0.717, 1.165) is 50.4 Å². The first-order chi connectivity index (χ1) is 12.5. The van der Waals surface area contributed by atoms with Crippen LogP contribution in [-0.2, 0) is 0 Å². The van der Waals surface area contributed by atoms with Gasteiger partial charge in [0.1, 0.15) is 11.3 Å². The number of hydrogen-bond acceptors (Lipinski definition) is 5. The van der Waals surface area contributed by atoms with Crippen molar-refractivity contribution in [2.75, 3.05) is 12.4 Å². The highest BCUT2D eigenvalue weighted by atomic mass is 16.5. The second-order valence-corrected chi connectivity index (χ2v) is 6.68. The van der Waals surface area contributed by atoms with Gasteiger partial charge in [-0.1, -0.05) is 6.07 Å². The predicted molar refractivity (Wildman–Crippen MR) is 103 cm³/mol. The zero-order valence-corrected chi connectivity index (χ0v) is 15.6. The molecule has 0 spiro atoms. The number of fused-ring (bicyclic) bond motifs is 3. The molecule has 0 saturated heterocycles. The third kappa shape index (κ3) is 2.39. The normalized spacial score (nSPS) is 11.6. The Morgan fingerprint density at radius 2 is 2.04 bits per heavy atom. The molecule has 0 atom stereocenters. The van der Waals surface area contributed by atoms with Crippen LogP contribution in [0.2, 0.25) is 0 Å². The van der Waals surface area contributed by atoms with E-state index in [-0.39, 0.29) is 0 Å². The molecule has 1 aromatic carbocycles. The molecule has 0 aliphatic carbocycles. The molecule has 0 radical (unpaired) electrons. The lowest BCUT2D eigenvalue weighted by Crippen LogP contribution is -2.05. The van der Waals surface area contributed by atoms with E-state index in [1.165, 1.54) is 0 Å². The molecule has 0 saturated carbocycles. The molecule has 3 heterocycles. The van der Waals surface area contributed by atoms with E-state index in [4.69, 9.17) is 9.72 Å². The third-order valence-electron chi connectivity index (χ3n) is 4.66. The van der Waals surface area contributed by atoms with Crippen LogP contribution < -0.4 is 10.1 Å². The molecular weight excluding hydrogens is 328 g/mol. The molecule has 0 aliphatic rings. The van der Waals surface area contributed by atoms with Crippen molar-refractivity contribution in [3.8, 4) is 5.75 Å². The Balaban J connectivity index is 1.92. The van der Waals surface area contributed by atoms with E-state index in [0.29, 0.717) is 6.04 Å². The summed E-state index contributed by atoms with van der Waals surface area (Å²) in [6, 6.07) is 6.15. The summed E-state index contributed by atoms with van der Waals surface area (Å²) in [6.07, 6.45) is 1.81. The highest BCUT2D eigenvalue weighted by Gasteiger charge is 2.18. The van der Waals surface area contributed by atoms with Gasteiger partial charge in [0.15, 0.2) is 5.82 Å². The average Bonchev–Trinajstić information content (AvgIpc) is 3.21. The Kier molecular flexibility index (Phi) is 3.79. The summed E-state index contributed by atoms with van der Waals surface area (Å²) in [5.41, 5.74) is 4.70. The summed E-state index contributed by atoms with van der Waals surface area (Å²) in [4.78, 5) is 4.82. The SMILES string of the molecule is COc1cccc2nc(Nc3c(C)nn(C(C)C)c3C)c3[nH]ncc3c12. The van der Waals surface area contributed by atoms with E-state index in [9.17, 15) is 0 Å². The van der Waals surface area contributed by atoms with Gasteiger partial charge in [0.2, 0.25) is 0 Å². The van der Waals surface area contributed by atoms with Crippen LogP contribution in [0.4, 0.5) is 11.5 Å². The van der Waals surface area contributed by atoms with Crippen LogP contribution in [0, 0.1) is 13.8 Å². The highest BCUT2D eigenvalue weighted by molar-refractivity contribution is 6.11. The average molecular weight is 350 g/mol. The fraction of sp³-hybridized carbons (Fsp3) is 0.316. The van der Waals surface area contributed by atoms with E-state index in [1.807, 2.05) is 36.0 Å². The Bertz CT molecular complexity index is 1110. The number of anilines is 2. The molecule has 4 rings (SSSR count). The number of rotatable bonds is 4. The first-order valence-electron chi connectivity index (χ1n) is 8.63. The number of hydrogen-bond donors (Lipinski definition) is 2. The Labute approximate surface area is 151 Å².